The topological polar surface area (TPSA) is 24.5 Å². The van der Waals surface area contributed by atoms with Gasteiger partial charge in [0.1, 0.15) is 0 Å². The van der Waals surface area contributed by atoms with Crippen LogP contribution in [-0.4, -0.2) is 50.8 Å². The Balaban J connectivity index is 3.94. The molecule has 0 aromatic heterocycles. The lowest BCUT2D eigenvalue weighted by Gasteiger charge is -2.32. The molecule has 1 N–H and O–H groups in total. The highest BCUT2D eigenvalue weighted by atomic mass is 16.5. The quantitative estimate of drug-likeness (QED) is 0.643. The maximum absolute atomic E-state index is 5.16. The predicted octanol–water partition coefficient (Wildman–Crippen LogP) is 1.34. The van der Waals surface area contributed by atoms with Crippen LogP contribution < -0.4 is 5.32 Å². The number of ether oxygens (including phenoxy) is 1. The summed E-state index contributed by atoms with van der Waals surface area (Å²) >= 11 is 0. The SMILES string of the molecule is CCNCC(CC)N(C)C(C)COC. The summed E-state index contributed by atoms with van der Waals surface area (Å²) in [4.78, 5) is 2.40. The van der Waals surface area contributed by atoms with Gasteiger partial charge in [0.05, 0.1) is 6.61 Å². The third-order valence-corrected chi connectivity index (χ3v) is 2.78. The highest BCUT2D eigenvalue weighted by Gasteiger charge is 2.17. The molecular formula is C11H26N2O. The molecule has 0 fully saturated rings. The number of hydrogen-bond acceptors (Lipinski definition) is 3. The van der Waals surface area contributed by atoms with Crippen LogP contribution in [0.25, 0.3) is 0 Å². The average molecular weight is 202 g/mol. The summed E-state index contributed by atoms with van der Waals surface area (Å²) in [6, 6.07) is 1.10. The first-order chi connectivity index (χ1) is 6.67. The van der Waals surface area contributed by atoms with E-state index in [-0.39, 0.29) is 0 Å². The van der Waals surface area contributed by atoms with E-state index in [9.17, 15) is 0 Å². The summed E-state index contributed by atoms with van der Waals surface area (Å²) < 4.78 is 5.16. The normalized spacial score (nSPS) is 15.9. The molecule has 3 heteroatoms. The summed E-state index contributed by atoms with van der Waals surface area (Å²) in [5.41, 5.74) is 0. The number of likely N-dealkylation sites (N-methyl/N-ethyl adjacent to an activating group) is 2. The average Bonchev–Trinajstić information content (AvgIpc) is 2.19. The summed E-state index contributed by atoms with van der Waals surface area (Å²) in [7, 11) is 3.94. The molecule has 0 rings (SSSR count). The Labute approximate surface area is 88.8 Å². The molecule has 86 valence electrons. The molecule has 0 aromatic rings. The van der Waals surface area contributed by atoms with E-state index in [1.54, 1.807) is 7.11 Å². The van der Waals surface area contributed by atoms with Gasteiger partial charge in [0.2, 0.25) is 0 Å². The zero-order valence-corrected chi connectivity index (χ0v) is 10.3. The standard InChI is InChI=1S/C11H26N2O/c1-6-11(8-12-7-2)13(4)10(3)9-14-5/h10-12H,6-9H2,1-5H3. The zero-order chi connectivity index (χ0) is 11.0. The third-order valence-electron chi connectivity index (χ3n) is 2.78. The maximum Gasteiger partial charge on any atom is 0.0615 e. The number of nitrogens with zero attached hydrogens (tertiary/aromatic N) is 1. The molecule has 0 amide bonds. The van der Waals surface area contributed by atoms with Crippen molar-refractivity contribution in [2.24, 2.45) is 0 Å². The molecule has 3 nitrogen and oxygen atoms in total. The minimum absolute atomic E-state index is 0.489. The minimum atomic E-state index is 0.489. The predicted molar refractivity (Wildman–Crippen MR) is 61.7 cm³/mol. The molecule has 0 radical (unpaired) electrons. The molecule has 2 atom stereocenters. The highest BCUT2D eigenvalue weighted by molar-refractivity contribution is 4.74. The van der Waals surface area contributed by atoms with E-state index < -0.39 is 0 Å². The van der Waals surface area contributed by atoms with E-state index in [1.807, 2.05) is 0 Å². The second-order valence-electron chi connectivity index (χ2n) is 3.84. The molecule has 0 aliphatic heterocycles. The van der Waals surface area contributed by atoms with Crippen LogP contribution in [0.5, 0.6) is 0 Å². The van der Waals surface area contributed by atoms with Gasteiger partial charge >= 0.3 is 0 Å². The molecule has 0 spiro atoms. The van der Waals surface area contributed by atoms with E-state index in [2.05, 4.69) is 38.0 Å². The Bertz CT molecular complexity index is 130. The fourth-order valence-electron chi connectivity index (χ4n) is 1.61. The molecule has 0 aromatic carbocycles. The molecule has 0 bridgehead atoms. The first-order valence-corrected chi connectivity index (χ1v) is 5.58. The van der Waals surface area contributed by atoms with Crippen LogP contribution in [-0.2, 0) is 4.74 Å². The van der Waals surface area contributed by atoms with Crippen LogP contribution in [0, 0.1) is 0 Å². The second kappa shape index (κ2) is 8.21. The molecule has 14 heavy (non-hydrogen) atoms. The van der Waals surface area contributed by atoms with Crippen LogP contribution >= 0.6 is 0 Å². The van der Waals surface area contributed by atoms with Crippen LogP contribution in [0.2, 0.25) is 0 Å². The van der Waals surface area contributed by atoms with Crippen molar-refractivity contribution < 1.29 is 4.74 Å². The summed E-state index contributed by atoms with van der Waals surface area (Å²) in [5.74, 6) is 0. The Morgan fingerprint density at radius 3 is 2.43 bits per heavy atom. The molecule has 0 aliphatic carbocycles. The van der Waals surface area contributed by atoms with E-state index in [4.69, 9.17) is 4.74 Å². The van der Waals surface area contributed by atoms with Gasteiger partial charge in [-0.2, -0.15) is 0 Å². The lowest BCUT2D eigenvalue weighted by molar-refractivity contribution is 0.0873. The maximum atomic E-state index is 5.16. The van der Waals surface area contributed by atoms with E-state index in [0.717, 1.165) is 19.7 Å². The van der Waals surface area contributed by atoms with Crippen LogP contribution in [0.15, 0.2) is 0 Å². The Morgan fingerprint density at radius 2 is 2.00 bits per heavy atom. The van der Waals surface area contributed by atoms with Gasteiger partial charge in [-0.1, -0.05) is 13.8 Å². The van der Waals surface area contributed by atoms with Gasteiger partial charge in [-0.15, -0.1) is 0 Å². The van der Waals surface area contributed by atoms with E-state index in [0.29, 0.717) is 12.1 Å². The Hall–Kier alpha value is -0.120. The van der Waals surface area contributed by atoms with Gasteiger partial charge in [-0.25, -0.2) is 0 Å². The minimum Gasteiger partial charge on any atom is -0.383 e. The van der Waals surface area contributed by atoms with E-state index in [1.165, 1.54) is 6.42 Å². The van der Waals surface area contributed by atoms with Crippen molar-refractivity contribution in [3.8, 4) is 0 Å². The lowest BCUT2D eigenvalue weighted by atomic mass is 10.1. The number of nitrogens with one attached hydrogen (secondary N) is 1. The summed E-state index contributed by atoms with van der Waals surface area (Å²) in [5, 5.41) is 3.39. The first kappa shape index (κ1) is 13.9. The zero-order valence-electron chi connectivity index (χ0n) is 10.3. The van der Waals surface area contributed by atoms with Gasteiger partial charge in [0.25, 0.3) is 0 Å². The fraction of sp³-hybridized carbons (Fsp3) is 1.00. The van der Waals surface area contributed by atoms with Crippen LogP contribution in [0.1, 0.15) is 27.2 Å². The van der Waals surface area contributed by atoms with Crippen molar-refractivity contribution in [2.45, 2.75) is 39.3 Å². The van der Waals surface area contributed by atoms with Gasteiger partial charge < -0.3 is 10.1 Å². The van der Waals surface area contributed by atoms with Gasteiger partial charge in [-0.05, 0) is 26.9 Å². The molecule has 0 aliphatic rings. The number of hydrogen-bond donors (Lipinski definition) is 1. The van der Waals surface area contributed by atoms with Gasteiger partial charge in [0, 0.05) is 25.7 Å². The van der Waals surface area contributed by atoms with Crippen LogP contribution in [0.4, 0.5) is 0 Å². The van der Waals surface area contributed by atoms with Crippen molar-refractivity contribution in [1.29, 1.82) is 0 Å². The lowest BCUT2D eigenvalue weighted by Crippen LogP contribution is -2.45. The highest BCUT2D eigenvalue weighted by Crippen LogP contribution is 2.05. The largest absolute Gasteiger partial charge is 0.383 e. The van der Waals surface area contributed by atoms with Crippen molar-refractivity contribution in [3.63, 3.8) is 0 Å². The number of methoxy groups -OCH3 is 1. The second-order valence-corrected chi connectivity index (χ2v) is 3.84. The molecule has 2 unspecified atom stereocenters. The van der Waals surface area contributed by atoms with Gasteiger partial charge in [-0.3, -0.25) is 4.90 Å². The monoisotopic (exact) mass is 202 g/mol. The van der Waals surface area contributed by atoms with Gasteiger partial charge in [0.15, 0.2) is 0 Å². The third kappa shape index (κ3) is 4.94. The molecule has 0 heterocycles. The first-order valence-electron chi connectivity index (χ1n) is 5.58. The van der Waals surface area contributed by atoms with Crippen molar-refractivity contribution in [2.75, 3.05) is 33.9 Å². The number of rotatable bonds is 8. The van der Waals surface area contributed by atoms with Crippen molar-refractivity contribution in [3.05, 3.63) is 0 Å². The van der Waals surface area contributed by atoms with E-state index >= 15 is 0 Å². The smallest absolute Gasteiger partial charge is 0.0615 e. The van der Waals surface area contributed by atoms with Crippen LogP contribution in [0.3, 0.4) is 0 Å². The molecule has 0 saturated heterocycles. The summed E-state index contributed by atoms with van der Waals surface area (Å²) in [6.45, 7) is 9.50. The Kier molecular flexibility index (Phi) is 8.14. The molecule has 0 saturated carbocycles. The Morgan fingerprint density at radius 1 is 1.36 bits per heavy atom. The molecular weight excluding hydrogens is 176 g/mol. The van der Waals surface area contributed by atoms with Crippen molar-refractivity contribution in [1.82, 2.24) is 10.2 Å². The van der Waals surface area contributed by atoms with Crippen molar-refractivity contribution >= 4 is 0 Å². The summed E-state index contributed by atoms with van der Waals surface area (Å²) in [6.07, 6.45) is 1.18. The fourth-order valence-corrected chi connectivity index (χ4v) is 1.61.